The summed E-state index contributed by atoms with van der Waals surface area (Å²) in [5, 5.41) is 0. The summed E-state index contributed by atoms with van der Waals surface area (Å²) in [4.78, 5) is 38.6. The third-order valence-corrected chi connectivity index (χ3v) is 5.33. The molecule has 0 saturated carbocycles. The van der Waals surface area contributed by atoms with Crippen molar-refractivity contribution in [2.24, 2.45) is 13.0 Å². The number of hydrogen-bond donors (Lipinski definition) is 2. The van der Waals surface area contributed by atoms with E-state index in [2.05, 4.69) is 26.8 Å². The second-order valence-electron chi connectivity index (χ2n) is 6.94. The monoisotopic (exact) mass is 458 g/mol. The van der Waals surface area contributed by atoms with E-state index in [4.69, 9.17) is 0 Å². The van der Waals surface area contributed by atoms with Crippen molar-refractivity contribution in [2.45, 2.75) is 12.8 Å². The SMILES string of the molecule is Cn1cc(Br)cc1C(=O)NNC(=O)C1CCN(C(=O)/C=C/c2ccccc2)CC1. The molecule has 8 heteroatoms. The van der Waals surface area contributed by atoms with Gasteiger partial charge in [-0.3, -0.25) is 25.2 Å². The molecule has 2 aromatic rings. The second-order valence-corrected chi connectivity index (χ2v) is 7.86. The van der Waals surface area contributed by atoms with Gasteiger partial charge >= 0.3 is 0 Å². The molecule has 0 spiro atoms. The van der Waals surface area contributed by atoms with E-state index in [1.54, 1.807) is 40.9 Å². The summed E-state index contributed by atoms with van der Waals surface area (Å²) in [5.41, 5.74) is 6.35. The van der Waals surface area contributed by atoms with Gasteiger partial charge in [0.15, 0.2) is 0 Å². The van der Waals surface area contributed by atoms with E-state index in [-0.39, 0.29) is 23.6 Å². The maximum absolute atomic E-state index is 12.4. The molecule has 152 valence electrons. The van der Waals surface area contributed by atoms with Gasteiger partial charge in [-0.05, 0) is 46.5 Å². The number of carbonyl (C=O) groups is 3. The molecular weight excluding hydrogens is 436 g/mol. The summed E-state index contributed by atoms with van der Waals surface area (Å²) < 4.78 is 2.45. The number of nitrogens with one attached hydrogen (secondary N) is 2. The van der Waals surface area contributed by atoms with Crippen LogP contribution in [0.3, 0.4) is 0 Å². The highest BCUT2D eigenvalue weighted by atomic mass is 79.9. The van der Waals surface area contributed by atoms with Gasteiger partial charge in [0.2, 0.25) is 11.8 Å². The minimum Gasteiger partial charge on any atom is -0.345 e. The Morgan fingerprint density at radius 3 is 2.41 bits per heavy atom. The van der Waals surface area contributed by atoms with Gasteiger partial charge in [-0.1, -0.05) is 30.3 Å². The number of nitrogens with zero attached hydrogens (tertiary/aromatic N) is 2. The van der Waals surface area contributed by atoms with Gasteiger partial charge in [0.05, 0.1) is 0 Å². The Morgan fingerprint density at radius 1 is 1.10 bits per heavy atom. The zero-order valence-corrected chi connectivity index (χ0v) is 17.7. The number of piperidine rings is 1. The first-order chi connectivity index (χ1) is 13.9. The summed E-state index contributed by atoms with van der Waals surface area (Å²) in [7, 11) is 1.75. The van der Waals surface area contributed by atoms with Crippen molar-refractivity contribution >= 4 is 39.7 Å². The highest BCUT2D eigenvalue weighted by Crippen LogP contribution is 2.18. The van der Waals surface area contributed by atoms with Gasteiger partial charge in [0, 0.05) is 42.8 Å². The molecule has 1 aromatic heterocycles. The number of benzene rings is 1. The fourth-order valence-corrected chi connectivity index (χ4v) is 3.76. The molecule has 3 amide bonds. The highest BCUT2D eigenvalue weighted by Gasteiger charge is 2.27. The zero-order valence-electron chi connectivity index (χ0n) is 16.1. The third-order valence-electron chi connectivity index (χ3n) is 4.90. The first kappa shape index (κ1) is 20.9. The van der Waals surface area contributed by atoms with E-state index in [1.807, 2.05) is 30.3 Å². The highest BCUT2D eigenvalue weighted by molar-refractivity contribution is 9.10. The van der Waals surface area contributed by atoms with Crippen LogP contribution >= 0.6 is 15.9 Å². The molecule has 0 atom stereocenters. The van der Waals surface area contributed by atoms with Crippen molar-refractivity contribution in [1.29, 1.82) is 0 Å². The average Bonchev–Trinajstić information content (AvgIpc) is 3.09. The van der Waals surface area contributed by atoms with E-state index in [0.29, 0.717) is 31.6 Å². The van der Waals surface area contributed by atoms with Crippen molar-refractivity contribution in [3.63, 3.8) is 0 Å². The fourth-order valence-electron chi connectivity index (χ4n) is 3.23. The van der Waals surface area contributed by atoms with Gasteiger partial charge in [-0.2, -0.15) is 0 Å². The first-order valence-electron chi connectivity index (χ1n) is 9.38. The van der Waals surface area contributed by atoms with Crippen molar-refractivity contribution in [2.75, 3.05) is 13.1 Å². The van der Waals surface area contributed by atoms with Crippen molar-refractivity contribution in [1.82, 2.24) is 20.3 Å². The van der Waals surface area contributed by atoms with Crippen LogP contribution in [0.5, 0.6) is 0 Å². The maximum Gasteiger partial charge on any atom is 0.286 e. The second kappa shape index (κ2) is 9.56. The van der Waals surface area contributed by atoms with Crippen LogP contribution in [0, 0.1) is 5.92 Å². The van der Waals surface area contributed by atoms with Crippen molar-refractivity contribution in [3.8, 4) is 0 Å². The van der Waals surface area contributed by atoms with Gasteiger partial charge in [-0.15, -0.1) is 0 Å². The van der Waals surface area contributed by atoms with Gasteiger partial charge < -0.3 is 9.47 Å². The molecule has 0 radical (unpaired) electrons. The lowest BCUT2D eigenvalue weighted by atomic mass is 9.96. The lowest BCUT2D eigenvalue weighted by molar-refractivity contribution is -0.132. The largest absolute Gasteiger partial charge is 0.345 e. The summed E-state index contributed by atoms with van der Waals surface area (Å²) in [6.07, 6.45) is 6.23. The topological polar surface area (TPSA) is 83.4 Å². The standard InChI is InChI=1S/C21H23BrN4O3/c1-25-14-17(22)13-18(25)21(29)24-23-20(28)16-9-11-26(12-10-16)19(27)8-7-15-5-3-2-4-6-15/h2-8,13-14,16H,9-12H2,1H3,(H,23,28)(H,24,29)/b8-7+. The van der Waals surface area contributed by atoms with Crippen LogP contribution in [0.15, 0.2) is 53.1 Å². The predicted octanol–water partition coefficient (Wildman–Crippen LogP) is 2.50. The molecule has 1 aliphatic rings. The van der Waals surface area contributed by atoms with Crippen LogP contribution in [0.4, 0.5) is 0 Å². The molecule has 1 saturated heterocycles. The molecule has 1 fully saturated rings. The number of aromatic nitrogens is 1. The summed E-state index contributed by atoms with van der Waals surface area (Å²) >= 11 is 3.31. The molecule has 1 aliphatic heterocycles. The number of aryl methyl sites for hydroxylation is 1. The molecule has 0 aliphatic carbocycles. The molecule has 2 N–H and O–H groups in total. The van der Waals surface area contributed by atoms with Crippen molar-refractivity contribution < 1.29 is 14.4 Å². The lowest BCUT2D eigenvalue weighted by Gasteiger charge is -2.30. The van der Waals surface area contributed by atoms with Crippen molar-refractivity contribution in [3.05, 3.63) is 64.4 Å². The quantitative estimate of drug-likeness (QED) is 0.545. The number of likely N-dealkylation sites (tertiary alicyclic amines) is 1. The summed E-state index contributed by atoms with van der Waals surface area (Å²) in [5.74, 6) is -0.920. The molecule has 7 nitrogen and oxygen atoms in total. The van der Waals surface area contributed by atoms with Crippen LogP contribution in [-0.4, -0.2) is 40.3 Å². The third kappa shape index (κ3) is 5.57. The molecule has 3 rings (SSSR count). The van der Waals surface area contributed by atoms with E-state index < -0.39 is 0 Å². The minimum atomic E-state index is -0.384. The number of hydrazine groups is 1. The van der Waals surface area contributed by atoms with Crippen LogP contribution in [0.2, 0.25) is 0 Å². The summed E-state index contributed by atoms with van der Waals surface area (Å²) in [6.45, 7) is 1.02. The Bertz CT molecular complexity index is 915. The van der Waals surface area contributed by atoms with Crippen LogP contribution in [-0.2, 0) is 16.6 Å². The predicted molar refractivity (Wildman–Crippen MR) is 114 cm³/mol. The van der Waals surface area contributed by atoms with E-state index in [1.165, 1.54) is 0 Å². The van der Waals surface area contributed by atoms with Crippen LogP contribution in [0.1, 0.15) is 28.9 Å². The van der Waals surface area contributed by atoms with Gasteiger partial charge in [0.1, 0.15) is 5.69 Å². The van der Waals surface area contributed by atoms with E-state index in [0.717, 1.165) is 10.0 Å². The molecule has 29 heavy (non-hydrogen) atoms. The summed E-state index contributed by atoms with van der Waals surface area (Å²) in [6, 6.07) is 11.3. The molecular formula is C21H23BrN4O3. The number of carbonyl (C=O) groups excluding carboxylic acids is 3. The smallest absolute Gasteiger partial charge is 0.286 e. The molecule has 0 unspecified atom stereocenters. The van der Waals surface area contributed by atoms with Gasteiger partial charge in [-0.25, -0.2) is 0 Å². The Hall–Kier alpha value is -2.87. The Morgan fingerprint density at radius 2 is 1.79 bits per heavy atom. The molecule has 2 heterocycles. The molecule has 0 bridgehead atoms. The minimum absolute atomic E-state index is 0.0599. The number of rotatable bonds is 4. The Balaban J connectivity index is 1.44. The average molecular weight is 459 g/mol. The maximum atomic E-state index is 12.4. The van der Waals surface area contributed by atoms with E-state index >= 15 is 0 Å². The van der Waals surface area contributed by atoms with Crippen LogP contribution < -0.4 is 10.9 Å². The fraction of sp³-hybridized carbons (Fsp3) is 0.286. The molecule has 1 aromatic carbocycles. The first-order valence-corrected chi connectivity index (χ1v) is 10.2. The van der Waals surface area contributed by atoms with E-state index in [9.17, 15) is 14.4 Å². The van der Waals surface area contributed by atoms with Gasteiger partial charge in [0.25, 0.3) is 5.91 Å². The normalized spacial score (nSPS) is 14.8. The van der Waals surface area contributed by atoms with Crippen LogP contribution in [0.25, 0.3) is 6.08 Å². The Labute approximate surface area is 177 Å². The Kier molecular flexibility index (Phi) is 6.87. The number of hydrogen-bond acceptors (Lipinski definition) is 3. The number of amides is 3. The lowest BCUT2D eigenvalue weighted by Crippen LogP contribution is -2.48. The zero-order chi connectivity index (χ0) is 20.8. The number of halogens is 1.